The van der Waals surface area contributed by atoms with Gasteiger partial charge in [-0.05, 0) is 29.8 Å². The van der Waals surface area contributed by atoms with Gasteiger partial charge in [-0.15, -0.1) is 0 Å². The predicted molar refractivity (Wildman–Crippen MR) is 89.4 cm³/mol. The summed E-state index contributed by atoms with van der Waals surface area (Å²) in [7, 11) is 1.81. The number of H-pyrrole nitrogens is 1. The van der Waals surface area contributed by atoms with Crippen LogP contribution in [0.2, 0.25) is 0 Å². The first-order chi connectivity index (χ1) is 11.7. The van der Waals surface area contributed by atoms with Crippen LogP contribution in [0, 0.1) is 5.82 Å². The molecule has 3 heterocycles. The first-order valence-corrected chi connectivity index (χ1v) is 7.46. The van der Waals surface area contributed by atoms with Crippen molar-refractivity contribution in [3.63, 3.8) is 0 Å². The number of aromatic nitrogens is 5. The molecule has 0 unspecified atom stereocenters. The molecule has 0 spiro atoms. The zero-order valence-electron chi connectivity index (χ0n) is 12.9. The van der Waals surface area contributed by atoms with E-state index in [0.29, 0.717) is 5.56 Å². The summed E-state index contributed by atoms with van der Waals surface area (Å²) in [5.41, 5.74) is 4.48. The zero-order chi connectivity index (χ0) is 16.5. The summed E-state index contributed by atoms with van der Waals surface area (Å²) < 4.78 is 15.9. The van der Waals surface area contributed by atoms with Gasteiger partial charge in [0.05, 0.1) is 11.9 Å². The van der Waals surface area contributed by atoms with E-state index in [1.54, 1.807) is 42.6 Å². The number of nitrogens with zero attached hydrogens (tertiary/aromatic N) is 4. The Morgan fingerprint density at radius 3 is 2.75 bits per heavy atom. The van der Waals surface area contributed by atoms with Gasteiger partial charge in [-0.3, -0.25) is 14.8 Å². The van der Waals surface area contributed by atoms with Crippen molar-refractivity contribution < 1.29 is 4.39 Å². The summed E-state index contributed by atoms with van der Waals surface area (Å²) in [4.78, 5) is 4.34. The van der Waals surface area contributed by atoms with Crippen molar-refractivity contribution in [1.82, 2.24) is 25.0 Å². The van der Waals surface area contributed by atoms with E-state index < -0.39 is 0 Å². The van der Waals surface area contributed by atoms with Gasteiger partial charge in [-0.1, -0.05) is 12.1 Å². The fourth-order valence-electron chi connectivity index (χ4n) is 2.68. The Balaban J connectivity index is 1.83. The Hall–Kier alpha value is -3.28. The molecule has 1 aromatic carbocycles. The van der Waals surface area contributed by atoms with Crippen LogP contribution in [0.15, 0.2) is 61.2 Å². The number of aromatic amines is 1. The maximum absolute atomic E-state index is 14.3. The second kappa shape index (κ2) is 5.73. The molecule has 0 aliphatic rings. The van der Waals surface area contributed by atoms with E-state index in [-0.39, 0.29) is 5.82 Å². The smallest absolute Gasteiger partial charge is 0.131 e. The molecule has 1 N–H and O–H groups in total. The molecule has 118 valence electrons. The Morgan fingerprint density at radius 2 is 2.00 bits per heavy atom. The second-order valence-corrected chi connectivity index (χ2v) is 5.46. The van der Waals surface area contributed by atoms with E-state index >= 15 is 0 Å². The van der Waals surface area contributed by atoms with Gasteiger partial charge >= 0.3 is 0 Å². The van der Waals surface area contributed by atoms with Crippen LogP contribution in [-0.2, 0) is 7.05 Å². The lowest BCUT2D eigenvalue weighted by Crippen LogP contribution is -1.88. The lowest BCUT2D eigenvalue weighted by atomic mass is 9.99. The summed E-state index contributed by atoms with van der Waals surface area (Å²) in [6, 6.07) is 10.7. The van der Waals surface area contributed by atoms with Crippen LogP contribution >= 0.6 is 0 Å². The van der Waals surface area contributed by atoms with Crippen molar-refractivity contribution in [2.45, 2.75) is 0 Å². The van der Waals surface area contributed by atoms with Crippen LogP contribution in [-0.4, -0.2) is 25.0 Å². The van der Waals surface area contributed by atoms with E-state index in [2.05, 4.69) is 20.3 Å². The normalized spacial score (nSPS) is 10.9. The fraction of sp³-hybridized carbons (Fsp3) is 0.0556. The van der Waals surface area contributed by atoms with Gasteiger partial charge in [-0.25, -0.2) is 4.39 Å². The monoisotopic (exact) mass is 319 g/mol. The van der Waals surface area contributed by atoms with E-state index in [9.17, 15) is 4.39 Å². The second-order valence-electron chi connectivity index (χ2n) is 5.46. The topological polar surface area (TPSA) is 59.4 Å². The van der Waals surface area contributed by atoms with Gasteiger partial charge in [0.2, 0.25) is 0 Å². The molecule has 0 radical (unpaired) electrons. The van der Waals surface area contributed by atoms with Crippen molar-refractivity contribution >= 4 is 0 Å². The van der Waals surface area contributed by atoms with E-state index in [1.165, 1.54) is 6.07 Å². The molecule has 4 aromatic rings. The molecular weight excluding hydrogens is 305 g/mol. The van der Waals surface area contributed by atoms with Gasteiger partial charge in [-0.2, -0.15) is 10.2 Å². The highest BCUT2D eigenvalue weighted by Gasteiger charge is 2.14. The van der Waals surface area contributed by atoms with Crippen LogP contribution in [0.5, 0.6) is 0 Å². The minimum Gasteiger partial charge on any atom is -0.284 e. The number of halogens is 1. The Labute approximate surface area is 137 Å². The predicted octanol–water partition coefficient (Wildman–Crippen LogP) is 3.68. The summed E-state index contributed by atoms with van der Waals surface area (Å²) in [5.74, 6) is -0.283. The highest BCUT2D eigenvalue weighted by molar-refractivity contribution is 5.81. The summed E-state index contributed by atoms with van der Waals surface area (Å²) >= 11 is 0. The molecule has 0 fully saturated rings. The molecule has 4 rings (SSSR count). The van der Waals surface area contributed by atoms with Crippen LogP contribution in [0.3, 0.4) is 0 Å². The molecule has 24 heavy (non-hydrogen) atoms. The Bertz CT molecular complexity index is 988. The van der Waals surface area contributed by atoms with Crippen molar-refractivity contribution in [3.05, 3.63) is 67.0 Å². The quantitative estimate of drug-likeness (QED) is 0.626. The highest BCUT2D eigenvalue weighted by Crippen LogP contribution is 2.32. The van der Waals surface area contributed by atoms with Crippen molar-refractivity contribution in [3.8, 4) is 33.6 Å². The minimum absolute atomic E-state index is 0.283. The van der Waals surface area contributed by atoms with Gasteiger partial charge in [0.25, 0.3) is 0 Å². The molecule has 5 nitrogen and oxygen atoms in total. The standard InChI is InChI=1S/C18H14FN5/c1-24-11-13(9-22-24)14-8-12(5-6-16(14)19)15-10-21-23-18(15)17-4-2-3-7-20-17/h2-11H,1H3,(H,21,23). The number of aryl methyl sites for hydroxylation is 1. The molecular formula is C18H14FN5. The number of benzene rings is 1. The van der Waals surface area contributed by atoms with Crippen LogP contribution in [0.1, 0.15) is 0 Å². The summed E-state index contributed by atoms with van der Waals surface area (Å²) in [5, 5.41) is 11.3. The van der Waals surface area contributed by atoms with Crippen molar-refractivity contribution in [1.29, 1.82) is 0 Å². The average Bonchev–Trinajstić information content (AvgIpc) is 3.25. The molecule has 0 saturated heterocycles. The summed E-state index contributed by atoms with van der Waals surface area (Å²) in [6.45, 7) is 0. The largest absolute Gasteiger partial charge is 0.284 e. The maximum atomic E-state index is 14.3. The SMILES string of the molecule is Cn1cc(-c2cc(-c3c[nH]nc3-c3ccccn3)ccc2F)cn1. The lowest BCUT2D eigenvalue weighted by Gasteiger charge is -2.06. The molecule has 6 heteroatoms. The number of pyridine rings is 1. The third-order valence-corrected chi connectivity index (χ3v) is 3.84. The Kier molecular flexibility index (Phi) is 3.42. The number of hydrogen-bond acceptors (Lipinski definition) is 3. The third kappa shape index (κ3) is 2.48. The highest BCUT2D eigenvalue weighted by atomic mass is 19.1. The molecule has 0 aliphatic carbocycles. The van der Waals surface area contributed by atoms with Gasteiger partial charge in [0.15, 0.2) is 0 Å². The third-order valence-electron chi connectivity index (χ3n) is 3.84. The molecule has 0 atom stereocenters. The molecule has 3 aromatic heterocycles. The fourth-order valence-corrected chi connectivity index (χ4v) is 2.68. The molecule has 0 amide bonds. The first kappa shape index (κ1) is 14.3. The van der Waals surface area contributed by atoms with Crippen LogP contribution < -0.4 is 0 Å². The van der Waals surface area contributed by atoms with Crippen molar-refractivity contribution in [2.24, 2.45) is 7.05 Å². The van der Waals surface area contributed by atoms with E-state index in [1.807, 2.05) is 24.3 Å². The van der Waals surface area contributed by atoms with E-state index in [4.69, 9.17) is 0 Å². The van der Waals surface area contributed by atoms with Gasteiger partial charge < -0.3 is 0 Å². The Morgan fingerprint density at radius 1 is 1.08 bits per heavy atom. The number of nitrogens with one attached hydrogen (secondary N) is 1. The van der Waals surface area contributed by atoms with Gasteiger partial charge in [0.1, 0.15) is 11.5 Å². The zero-order valence-corrected chi connectivity index (χ0v) is 12.9. The number of rotatable bonds is 3. The summed E-state index contributed by atoms with van der Waals surface area (Å²) in [6.07, 6.45) is 6.96. The maximum Gasteiger partial charge on any atom is 0.131 e. The van der Waals surface area contributed by atoms with Gasteiger partial charge in [0, 0.05) is 42.3 Å². The minimum atomic E-state index is -0.283. The van der Waals surface area contributed by atoms with Crippen LogP contribution in [0.25, 0.3) is 33.6 Å². The van der Waals surface area contributed by atoms with E-state index in [0.717, 1.165) is 28.1 Å². The van der Waals surface area contributed by atoms with Crippen molar-refractivity contribution in [2.75, 3.05) is 0 Å². The molecule has 0 aliphatic heterocycles. The van der Waals surface area contributed by atoms with Crippen LogP contribution in [0.4, 0.5) is 4.39 Å². The molecule has 0 bridgehead atoms. The first-order valence-electron chi connectivity index (χ1n) is 7.46. The lowest BCUT2D eigenvalue weighted by molar-refractivity contribution is 0.631. The number of hydrogen-bond donors (Lipinski definition) is 1. The molecule has 0 saturated carbocycles. The average molecular weight is 319 g/mol.